The van der Waals surface area contributed by atoms with Crippen LogP contribution in [-0.4, -0.2) is 58.9 Å². The molecule has 2 aromatic heterocycles. The third kappa shape index (κ3) is 6.94. The number of carbonyl (C=O) groups excluding carboxylic acids is 1. The van der Waals surface area contributed by atoms with Crippen LogP contribution in [-0.2, 0) is 17.6 Å². The molecule has 1 aromatic carbocycles. The number of rotatable bonds is 9. The fourth-order valence-electron chi connectivity index (χ4n) is 4.30. The largest absolute Gasteiger partial charge is 0.357 e. The van der Waals surface area contributed by atoms with Gasteiger partial charge in [0, 0.05) is 63.9 Å². The molecule has 0 saturated carbocycles. The number of nitrogens with one attached hydrogen (secondary N) is 2. The predicted molar refractivity (Wildman–Crippen MR) is 148 cm³/mol. The van der Waals surface area contributed by atoms with Crippen molar-refractivity contribution in [2.75, 3.05) is 32.7 Å². The molecule has 1 unspecified atom stereocenters. The smallest absolute Gasteiger partial charge is 0.223 e. The lowest BCUT2D eigenvalue weighted by Crippen LogP contribution is -2.38. The van der Waals surface area contributed by atoms with Gasteiger partial charge in [-0.25, -0.2) is 4.98 Å². The Labute approximate surface area is 219 Å². The Hall–Kier alpha value is -2.62. The lowest BCUT2D eigenvalue weighted by atomic mass is 10.1. The number of hydrogen-bond donors (Lipinski definition) is 2. The molecule has 1 aliphatic rings. The molecule has 0 bridgehead atoms. The van der Waals surface area contributed by atoms with Crippen molar-refractivity contribution < 1.29 is 4.79 Å². The molecule has 0 aliphatic carbocycles. The fraction of sp³-hybridized carbons (Fsp3) is 0.423. The number of carbonyl (C=O) groups is 1. The van der Waals surface area contributed by atoms with Gasteiger partial charge in [0.15, 0.2) is 5.96 Å². The molecule has 1 saturated heterocycles. The van der Waals surface area contributed by atoms with Crippen LogP contribution < -0.4 is 10.6 Å². The lowest BCUT2D eigenvalue weighted by Gasteiger charge is -2.16. The molecule has 3 aromatic rings. The van der Waals surface area contributed by atoms with Crippen LogP contribution in [0.2, 0.25) is 0 Å². The van der Waals surface area contributed by atoms with Gasteiger partial charge in [0.25, 0.3) is 0 Å². The number of nitrogens with zero attached hydrogens (tertiary/aromatic N) is 4. The van der Waals surface area contributed by atoms with Gasteiger partial charge in [-0.2, -0.15) is 0 Å². The minimum atomic E-state index is 0. The van der Waals surface area contributed by atoms with Gasteiger partial charge in [-0.1, -0.05) is 36.4 Å². The number of hydrogen-bond acceptors (Lipinski definition) is 3. The molecule has 34 heavy (non-hydrogen) atoms. The Kier molecular flexibility index (Phi) is 9.74. The molecule has 8 heteroatoms. The van der Waals surface area contributed by atoms with Crippen LogP contribution >= 0.6 is 24.0 Å². The standard InChI is InChI=1S/C26H34N6O.HI/c1-3-27-26(28-13-11-23-19-32-14-7-8-20(2)25(32)30-23)29-17-22-16-24(33)31(18-22)15-12-21-9-5-4-6-10-21;/h4-10,14,19,22H,3,11-13,15-18H2,1-2H3,(H2,27,28,29);1H. The van der Waals surface area contributed by atoms with Crippen LogP contribution in [0.25, 0.3) is 5.65 Å². The highest BCUT2D eigenvalue weighted by Crippen LogP contribution is 2.18. The van der Waals surface area contributed by atoms with E-state index in [1.807, 2.05) is 35.4 Å². The van der Waals surface area contributed by atoms with Gasteiger partial charge in [0.1, 0.15) is 5.65 Å². The molecule has 0 radical (unpaired) electrons. The van der Waals surface area contributed by atoms with Gasteiger partial charge < -0.3 is 19.9 Å². The average molecular weight is 575 g/mol. The number of pyridine rings is 1. The maximum absolute atomic E-state index is 12.4. The fourth-order valence-corrected chi connectivity index (χ4v) is 4.30. The van der Waals surface area contributed by atoms with Gasteiger partial charge in [-0.15, -0.1) is 24.0 Å². The van der Waals surface area contributed by atoms with Crippen LogP contribution in [0.1, 0.15) is 30.2 Å². The van der Waals surface area contributed by atoms with Crippen molar-refractivity contribution in [3.05, 3.63) is 71.7 Å². The van der Waals surface area contributed by atoms with Crippen molar-refractivity contribution in [1.82, 2.24) is 24.9 Å². The van der Waals surface area contributed by atoms with Crippen LogP contribution in [0.3, 0.4) is 0 Å². The molecule has 1 aliphatic heterocycles. The number of imidazole rings is 1. The number of likely N-dealkylation sites (tertiary alicyclic amines) is 1. The van der Waals surface area contributed by atoms with E-state index >= 15 is 0 Å². The zero-order valence-corrected chi connectivity index (χ0v) is 22.4. The van der Waals surface area contributed by atoms with Crippen molar-refractivity contribution in [2.24, 2.45) is 10.9 Å². The van der Waals surface area contributed by atoms with Crippen LogP contribution in [0.5, 0.6) is 0 Å². The molecule has 7 nitrogen and oxygen atoms in total. The summed E-state index contributed by atoms with van der Waals surface area (Å²) >= 11 is 0. The summed E-state index contributed by atoms with van der Waals surface area (Å²) in [7, 11) is 0. The topological polar surface area (TPSA) is 74.0 Å². The molecule has 0 spiro atoms. The molecule has 3 heterocycles. The van der Waals surface area contributed by atoms with E-state index < -0.39 is 0 Å². The molecule has 182 valence electrons. The van der Waals surface area contributed by atoms with E-state index in [9.17, 15) is 4.79 Å². The van der Waals surface area contributed by atoms with E-state index in [2.05, 4.69) is 53.3 Å². The molecular weight excluding hydrogens is 539 g/mol. The zero-order chi connectivity index (χ0) is 23.0. The minimum absolute atomic E-state index is 0. The first-order valence-corrected chi connectivity index (χ1v) is 11.9. The Bertz CT molecular complexity index is 1100. The van der Waals surface area contributed by atoms with Crippen LogP contribution in [0.4, 0.5) is 0 Å². The van der Waals surface area contributed by atoms with E-state index in [-0.39, 0.29) is 35.8 Å². The van der Waals surface area contributed by atoms with Crippen molar-refractivity contribution in [1.29, 1.82) is 0 Å². The van der Waals surface area contributed by atoms with E-state index in [0.717, 1.165) is 56.3 Å². The summed E-state index contributed by atoms with van der Waals surface area (Å²) in [4.78, 5) is 23.9. The summed E-state index contributed by atoms with van der Waals surface area (Å²) in [5.41, 5.74) is 4.51. The van der Waals surface area contributed by atoms with Crippen LogP contribution in [0, 0.1) is 12.8 Å². The molecule has 1 fully saturated rings. The highest BCUT2D eigenvalue weighted by molar-refractivity contribution is 14.0. The van der Waals surface area contributed by atoms with Gasteiger partial charge in [0.05, 0.1) is 5.69 Å². The van der Waals surface area contributed by atoms with E-state index in [4.69, 9.17) is 9.98 Å². The Morgan fingerprint density at radius 3 is 2.74 bits per heavy atom. The third-order valence-corrected chi connectivity index (χ3v) is 6.06. The minimum Gasteiger partial charge on any atom is -0.357 e. The first-order valence-electron chi connectivity index (χ1n) is 11.9. The van der Waals surface area contributed by atoms with Gasteiger partial charge in [-0.3, -0.25) is 9.79 Å². The van der Waals surface area contributed by atoms with Crippen molar-refractivity contribution in [3.8, 4) is 0 Å². The van der Waals surface area contributed by atoms with Gasteiger partial charge in [0.2, 0.25) is 5.91 Å². The predicted octanol–water partition coefficient (Wildman–Crippen LogP) is 3.45. The lowest BCUT2D eigenvalue weighted by molar-refractivity contribution is -0.127. The Morgan fingerprint density at radius 1 is 1.15 bits per heavy atom. The quantitative estimate of drug-likeness (QED) is 0.233. The van der Waals surface area contributed by atoms with Gasteiger partial charge in [-0.05, 0) is 37.5 Å². The normalized spacial score (nSPS) is 16.1. The number of aromatic nitrogens is 2. The summed E-state index contributed by atoms with van der Waals surface area (Å²) < 4.78 is 2.07. The van der Waals surface area contributed by atoms with Crippen molar-refractivity contribution in [3.63, 3.8) is 0 Å². The maximum Gasteiger partial charge on any atom is 0.223 e. The summed E-state index contributed by atoms with van der Waals surface area (Å²) in [6.07, 6.45) is 6.42. The second-order valence-corrected chi connectivity index (χ2v) is 8.70. The number of guanidine groups is 1. The molecule has 1 atom stereocenters. The summed E-state index contributed by atoms with van der Waals surface area (Å²) in [6.45, 7) is 7.91. The maximum atomic E-state index is 12.4. The Morgan fingerprint density at radius 2 is 1.97 bits per heavy atom. The highest BCUT2D eigenvalue weighted by Gasteiger charge is 2.29. The number of aliphatic imine (C=N–C) groups is 1. The second kappa shape index (κ2) is 12.7. The molecule has 4 rings (SSSR count). The Balaban J connectivity index is 0.00000324. The van der Waals surface area contributed by atoms with Crippen LogP contribution in [0.15, 0.2) is 59.9 Å². The highest BCUT2D eigenvalue weighted by atomic mass is 127. The van der Waals surface area contributed by atoms with Crippen molar-refractivity contribution in [2.45, 2.75) is 33.1 Å². The third-order valence-electron chi connectivity index (χ3n) is 6.06. The summed E-state index contributed by atoms with van der Waals surface area (Å²) in [5, 5.41) is 6.72. The van der Waals surface area contributed by atoms with E-state index in [0.29, 0.717) is 13.0 Å². The molecule has 2 N–H and O–H groups in total. The monoisotopic (exact) mass is 574 g/mol. The number of aryl methyl sites for hydroxylation is 1. The zero-order valence-electron chi connectivity index (χ0n) is 20.0. The number of amides is 1. The number of benzene rings is 1. The van der Waals surface area contributed by atoms with Crippen molar-refractivity contribution >= 4 is 41.5 Å². The van der Waals surface area contributed by atoms with Gasteiger partial charge >= 0.3 is 0 Å². The van der Waals surface area contributed by atoms with E-state index in [1.54, 1.807) is 0 Å². The number of halogens is 1. The molecular formula is C26H35IN6O. The van der Waals surface area contributed by atoms with E-state index in [1.165, 1.54) is 11.1 Å². The molecule has 1 amide bonds. The summed E-state index contributed by atoms with van der Waals surface area (Å²) in [6, 6.07) is 14.5. The number of fused-ring (bicyclic) bond motifs is 1. The first kappa shape index (κ1) is 26.0. The first-order chi connectivity index (χ1) is 16.1. The SMILES string of the molecule is CCNC(=NCC1CC(=O)N(CCc2ccccc2)C1)NCCc1cn2cccc(C)c2n1.I. The average Bonchev–Trinajstić information content (AvgIpc) is 3.40. The summed E-state index contributed by atoms with van der Waals surface area (Å²) in [5.74, 6) is 1.31. The second-order valence-electron chi connectivity index (χ2n) is 8.70.